The van der Waals surface area contributed by atoms with E-state index in [-0.39, 0.29) is 6.10 Å². The minimum atomic E-state index is -0.105. The lowest BCUT2D eigenvalue weighted by Gasteiger charge is -2.32. The van der Waals surface area contributed by atoms with Crippen LogP contribution in [0.2, 0.25) is 0 Å². The number of aromatic nitrogens is 7. The Bertz CT molecular complexity index is 1430. The summed E-state index contributed by atoms with van der Waals surface area (Å²) in [6, 6.07) is 5.72. The minimum Gasteiger partial charge on any atom is -0.490 e. The Morgan fingerprint density at radius 2 is 1.87 bits per heavy atom. The third-order valence-corrected chi connectivity index (χ3v) is 7.15. The van der Waals surface area contributed by atoms with Gasteiger partial charge in [0.05, 0.1) is 36.7 Å². The van der Waals surface area contributed by atoms with Crippen LogP contribution in [0.15, 0.2) is 43.0 Å². The molecular weight excluding hydrogens is 496 g/mol. The van der Waals surface area contributed by atoms with Gasteiger partial charge in [0.15, 0.2) is 5.82 Å². The Labute approximate surface area is 227 Å². The fourth-order valence-electron chi connectivity index (χ4n) is 4.78. The molecular formula is C27H34N10O2. The molecule has 2 aliphatic rings. The molecule has 0 radical (unpaired) electrons. The molecule has 1 atom stereocenters. The zero-order valence-electron chi connectivity index (χ0n) is 22.6. The third kappa shape index (κ3) is 5.71. The van der Waals surface area contributed by atoms with Gasteiger partial charge < -0.3 is 19.7 Å². The van der Waals surface area contributed by atoms with Crippen LogP contribution in [0.1, 0.15) is 13.3 Å². The number of hydrogen-bond donors (Lipinski definition) is 1. The van der Waals surface area contributed by atoms with Gasteiger partial charge in [-0.05, 0) is 26.1 Å². The SMILES string of the molecule is C[C@H]1CCOc2c(cnn2C)-c2nccc(n2)Nc2cc(c(-c3ccn(CCN4CCN(C)CC4)n3)cn2)O1. The van der Waals surface area contributed by atoms with Crippen molar-refractivity contribution in [1.29, 1.82) is 0 Å². The van der Waals surface area contributed by atoms with Gasteiger partial charge in [-0.1, -0.05) is 0 Å². The van der Waals surface area contributed by atoms with Gasteiger partial charge >= 0.3 is 0 Å². The molecule has 4 bridgehead atoms. The topological polar surface area (TPSA) is 111 Å². The molecule has 1 fully saturated rings. The minimum absolute atomic E-state index is 0.105. The molecule has 6 rings (SSSR count). The fourth-order valence-corrected chi connectivity index (χ4v) is 4.78. The number of likely N-dealkylation sites (N-methyl/N-ethyl adjacent to an activating group) is 1. The zero-order valence-corrected chi connectivity index (χ0v) is 22.6. The van der Waals surface area contributed by atoms with E-state index in [0.29, 0.717) is 42.1 Å². The highest BCUT2D eigenvalue weighted by atomic mass is 16.5. The molecule has 2 aliphatic heterocycles. The van der Waals surface area contributed by atoms with Gasteiger partial charge in [-0.2, -0.15) is 10.2 Å². The molecule has 12 heteroatoms. The average molecular weight is 531 g/mol. The van der Waals surface area contributed by atoms with Crippen molar-refractivity contribution in [2.75, 3.05) is 51.7 Å². The van der Waals surface area contributed by atoms with Crippen molar-refractivity contribution in [1.82, 2.24) is 44.3 Å². The van der Waals surface area contributed by atoms with Crippen molar-refractivity contribution in [3.63, 3.8) is 0 Å². The monoisotopic (exact) mass is 530 g/mol. The summed E-state index contributed by atoms with van der Waals surface area (Å²) in [4.78, 5) is 18.6. The zero-order chi connectivity index (χ0) is 26.8. The molecule has 0 spiro atoms. The first-order valence-electron chi connectivity index (χ1n) is 13.4. The van der Waals surface area contributed by atoms with Gasteiger partial charge in [-0.3, -0.25) is 9.58 Å². The van der Waals surface area contributed by atoms with E-state index in [1.165, 1.54) is 0 Å². The van der Waals surface area contributed by atoms with Gasteiger partial charge in [0.1, 0.15) is 22.9 Å². The number of fused-ring (bicyclic) bond motifs is 6. The highest BCUT2D eigenvalue weighted by Gasteiger charge is 2.20. The van der Waals surface area contributed by atoms with Crippen LogP contribution in [0.25, 0.3) is 22.6 Å². The molecule has 0 aliphatic carbocycles. The maximum absolute atomic E-state index is 6.44. The molecule has 39 heavy (non-hydrogen) atoms. The predicted molar refractivity (Wildman–Crippen MR) is 147 cm³/mol. The predicted octanol–water partition coefficient (Wildman–Crippen LogP) is 2.68. The standard InChI is InChI=1S/C27H34N10O2/c1-19-6-15-38-27-21(18-30-35(27)3)26-28-7-4-24(32-26)31-25-16-23(39-19)20(17-29-25)22-5-8-37(33-22)14-13-36-11-9-34(2)10-12-36/h4-5,7-8,16-19H,6,9-15H2,1-3H3,(H,28,29,31,32)/t19-/m0/s1. The van der Waals surface area contributed by atoms with E-state index in [1.54, 1.807) is 29.3 Å². The van der Waals surface area contributed by atoms with Crippen LogP contribution in [-0.2, 0) is 13.6 Å². The van der Waals surface area contributed by atoms with E-state index in [0.717, 1.165) is 56.1 Å². The first kappa shape index (κ1) is 25.3. The number of pyridine rings is 1. The Morgan fingerprint density at radius 3 is 2.74 bits per heavy atom. The van der Waals surface area contributed by atoms with E-state index in [2.05, 4.69) is 42.2 Å². The summed E-state index contributed by atoms with van der Waals surface area (Å²) in [5.74, 6) is 3.09. The Hall–Kier alpha value is -4.03. The van der Waals surface area contributed by atoms with Gasteiger partial charge in [0, 0.05) is 70.8 Å². The largest absolute Gasteiger partial charge is 0.490 e. The molecule has 4 aromatic rings. The van der Waals surface area contributed by atoms with E-state index in [4.69, 9.17) is 14.6 Å². The van der Waals surface area contributed by atoms with Crippen molar-refractivity contribution < 1.29 is 9.47 Å². The van der Waals surface area contributed by atoms with Crippen molar-refractivity contribution in [3.8, 4) is 34.3 Å². The van der Waals surface area contributed by atoms with Crippen molar-refractivity contribution in [2.45, 2.75) is 26.0 Å². The molecule has 12 nitrogen and oxygen atoms in total. The van der Waals surface area contributed by atoms with Crippen LogP contribution >= 0.6 is 0 Å². The normalized spacial score (nSPS) is 18.4. The third-order valence-electron chi connectivity index (χ3n) is 7.15. The summed E-state index contributed by atoms with van der Waals surface area (Å²) in [5.41, 5.74) is 2.41. The highest BCUT2D eigenvalue weighted by Crippen LogP contribution is 2.33. The molecule has 204 valence electrons. The van der Waals surface area contributed by atoms with Crippen LogP contribution in [-0.4, -0.2) is 96.8 Å². The van der Waals surface area contributed by atoms with Gasteiger partial charge in [0.2, 0.25) is 5.88 Å². The van der Waals surface area contributed by atoms with E-state index < -0.39 is 0 Å². The van der Waals surface area contributed by atoms with E-state index in [1.807, 2.05) is 37.0 Å². The lowest BCUT2D eigenvalue weighted by Crippen LogP contribution is -2.45. The maximum atomic E-state index is 6.44. The summed E-state index contributed by atoms with van der Waals surface area (Å²) in [7, 11) is 4.02. The molecule has 1 N–H and O–H groups in total. The van der Waals surface area contributed by atoms with Gasteiger partial charge in [-0.15, -0.1) is 0 Å². The summed E-state index contributed by atoms with van der Waals surface area (Å²) in [6.07, 6.45) is 7.83. The second kappa shape index (κ2) is 11.0. The van der Waals surface area contributed by atoms with Crippen molar-refractivity contribution in [3.05, 3.63) is 43.0 Å². The van der Waals surface area contributed by atoms with Crippen LogP contribution in [0.5, 0.6) is 11.6 Å². The molecule has 1 saturated heterocycles. The fraction of sp³-hybridized carbons (Fsp3) is 0.444. The summed E-state index contributed by atoms with van der Waals surface area (Å²) >= 11 is 0. The number of anilines is 2. The van der Waals surface area contributed by atoms with E-state index in [9.17, 15) is 0 Å². The second-order valence-electron chi connectivity index (χ2n) is 10.1. The Balaban J connectivity index is 1.25. The molecule has 0 unspecified atom stereocenters. The molecule has 6 heterocycles. The van der Waals surface area contributed by atoms with Gasteiger partial charge in [-0.25, -0.2) is 19.6 Å². The number of rotatable bonds is 4. The number of nitrogens with zero attached hydrogens (tertiary/aromatic N) is 9. The smallest absolute Gasteiger partial charge is 0.222 e. The maximum Gasteiger partial charge on any atom is 0.222 e. The quantitative estimate of drug-likeness (QED) is 0.423. The number of hydrogen-bond acceptors (Lipinski definition) is 10. The lowest BCUT2D eigenvalue weighted by molar-refractivity contribution is 0.149. The van der Waals surface area contributed by atoms with Crippen LogP contribution < -0.4 is 14.8 Å². The summed E-state index contributed by atoms with van der Waals surface area (Å²) in [6.45, 7) is 8.73. The average Bonchev–Trinajstić information content (AvgIpc) is 3.55. The Morgan fingerprint density at radius 1 is 1.00 bits per heavy atom. The van der Waals surface area contributed by atoms with Crippen molar-refractivity contribution in [2.24, 2.45) is 7.05 Å². The van der Waals surface area contributed by atoms with Crippen LogP contribution in [0.3, 0.4) is 0 Å². The molecule has 0 saturated carbocycles. The number of ether oxygens (including phenoxy) is 2. The van der Waals surface area contributed by atoms with Crippen LogP contribution in [0, 0.1) is 0 Å². The highest BCUT2D eigenvalue weighted by molar-refractivity contribution is 5.70. The molecule has 0 amide bonds. The van der Waals surface area contributed by atoms with E-state index >= 15 is 0 Å². The first-order chi connectivity index (χ1) is 19.0. The number of nitrogens with one attached hydrogen (secondary N) is 1. The first-order valence-corrected chi connectivity index (χ1v) is 13.4. The summed E-state index contributed by atoms with van der Waals surface area (Å²) in [5, 5.41) is 12.5. The Kier molecular flexibility index (Phi) is 7.12. The number of aryl methyl sites for hydroxylation is 1. The summed E-state index contributed by atoms with van der Waals surface area (Å²) < 4.78 is 16.2. The van der Waals surface area contributed by atoms with Crippen molar-refractivity contribution >= 4 is 11.6 Å². The van der Waals surface area contributed by atoms with Crippen LogP contribution in [0.4, 0.5) is 11.6 Å². The number of piperazine rings is 1. The van der Waals surface area contributed by atoms with Gasteiger partial charge in [0.25, 0.3) is 0 Å². The molecule has 4 aromatic heterocycles. The lowest BCUT2D eigenvalue weighted by atomic mass is 10.2. The second-order valence-corrected chi connectivity index (χ2v) is 10.1. The molecule has 0 aromatic carbocycles.